The zero-order valence-electron chi connectivity index (χ0n) is 30.1. The molecule has 4 heterocycles. The normalized spacial score (nSPS) is 30.2. The van der Waals surface area contributed by atoms with E-state index in [1.807, 2.05) is 60.7 Å². The second-order valence-electron chi connectivity index (χ2n) is 14.4. The molecule has 54 heavy (non-hydrogen) atoms. The molecule has 0 aliphatic carbocycles. The van der Waals surface area contributed by atoms with Crippen molar-refractivity contribution >= 4 is 11.9 Å². The second-order valence-corrected chi connectivity index (χ2v) is 14.4. The number of esters is 2. The van der Waals surface area contributed by atoms with Crippen molar-refractivity contribution in [3.05, 3.63) is 144 Å². The zero-order valence-corrected chi connectivity index (χ0v) is 30.1. The molecular formula is C44H46O10. The van der Waals surface area contributed by atoms with Crippen molar-refractivity contribution in [3.63, 3.8) is 0 Å². The first-order chi connectivity index (χ1) is 26.6. The van der Waals surface area contributed by atoms with Crippen LogP contribution in [-0.4, -0.2) is 86.2 Å². The summed E-state index contributed by atoms with van der Waals surface area (Å²) in [4.78, 5) is 26.1. The Morgan fingerprint density at radius 1 is 0.481 bits per heavy atom. The molecular weight excluding hydrogens is 688 g/mol. The first kappa shape index (κ1) is 36.6. The summed E-state index contributed by atoms with van der Waals surface area (Å²) in [5.41, 5.74) is 3.05. The van der Waals surface area contributed by atoms with Crippen LogP contribution in [0.1, 0.15) is 57.5 Å². The number of carbonyl (C=O) groups is 2. The van der Waals surface area contributed by atoms with Crippen molar-refractivity contribution in [1.82, 2.24) is 0 Å². The summed E-state index contributed by atoms with van der Waals surface area (Å²) < 4.78 is 51.2. The van der Waals surface area contributed by atoms with Crippen molar-refractivity contribution in [2.75, 3.05) is 13.2 Å². The lowest BCUT2D eigenvalue weighted by atomic mass is 9.84. The van der Waals surface area contributed by atoms with Crippen molar-refractivity contribution in [1.29, 1.82) is 0 Å². The molecule has 4 fully saturated rings. The Bertz CT molecular complexity index is 1790. The standard InChI is InChI=1S/C44H46O10/c45-43(31-17-9-3-10-18-31)49-28-42-40(54-44(46)32-19-11-4-12-20-32)24-37-39(53-42)23-35-36(51-37)22-38-34(50-35)21-33(48-26-30-15-7-2-8-16-30)41(52-38)27-47-25-29-13-5-1-6-14-29/h1-20,33-42H,21-28H2/t33-,34+,35-,36+,37-,38-,39+,40+,41+,42-/m1/s1. The number of fused-ring (bicyclic) bond motifs is 3. The molecule has 4 aromatic carbocycles. The van der Waals surface area contributed by atoms with Gasteiger partial charge in [-0.1, -0.05) is 97.1 Å². The number of hydrogen-bond acceptors (Lipinski definition) is 10. The van der Waals surface area contributed by atoms with Crippen molar-refractivity contribution in [3.8, 4) is 0 Å². The van der Waals surface area contributed by atoms with Gasteiger partial charge in [0.05, 0.1) is 73.7 Å². The molecule has 10 atom stereocenters. The highest BCUT2D eigenvalue weighted by molar-refractivity contribution is 5.90. The Labute approximate surface area is 315 Å². The van der Waals surface area contributed by atoms with Gasteiger partial charge in [0.2, 0.25) is 0 Å². The lowest BCUT2D eigenvalue weighted by Gasteiger charge is -2.53. The summed E-state index contributed by atoms with van der Waals surface area (Å²) in [7, 11) is 0. The molecule has 0 aromatic heterocycles. The lowest BCUT2D eigenvalue weighted by molar-refractivity contribution is -0.307. The molecule has 4 aromatic rings. The molecule has 4 aliphatic rings. The van der Waals surface area contributed by atoms with Crippen LogP contribution >= 0.6 is 0 Å². The number of carbonyl (C=O) groups excluding carboxylic acids is 2. The molecule has 8 rings (SSSR count). The third-order valence-corrected chi connectivity index (χ3v) is 10.7. The van der Waals surface area contributed by atoms with Gasteiger partial charge in [0.25, 0.3) is 0 Å². The third kappa shape index (κ3) is 8.92. The van der Waals surface area contributed by atoms with Crippen molar-refractivity contribution in [2.24, 2.45) is 0 Å². The Kier molecular flexibility index (Phi) is 11.8. The molecule has 0 N–H and O–H groups in total. The third-order valence-electron chi connectivity index (χ3n) is 10.7. The van der Waals surface area contributed by atoms with E-state index >= 15 is 0 Å². The molecule has 0 amide bonds. The highest BCUT2D eigenvalue weighted by Gasteiger charge is 2.53. The van der Waals surface area contributed by atoms with E-state index in [1.54, 1.807) is 48.5 Å². The summed E-state index contributed by atoms with van der Waals surface area (Å²) in [6.07, 6.45) is -1.18. The number of ether oxygens (including phenoxy) is 8. The monoisotopic (exact) mass is 734 g/mol. The van der Waals surface area contributed by atoms with Gasteiger partial charge >= 0.3 is 11.9 Å². The van der Waals surface area contributed by atoms with E-state index < -0.39 is 24.1 Å². The summed E-state index contributed by atoms with van der Waals surface area (Å²) in [6, 6.07) is 37.8. The van der Waals surface area contributed by atoms with Crippen LogP contribution < -0.4 is 0 Å². The fraction of sp³-hybridized carbons (Fsp3) is 0.409. The SMILES string of the molecule is O=C(OC[C@H]1O[C@H]2C[C@H]3O[C@H]4C[C@@H](OCc5ccccc5)[C@H](COCc5ccccc5)O[C@@H]4C[C@@H]3O[C@@H]2C[C@@H]1OC(=O)c1ccccc1)c1ccccc1. The van der Waals surface area contributed by atoms with Gasteiger partial charge in [-0.05, 0) is 35.4 Å². The van der Waals surface area contributed by atoms with Gasteiger partial charge in [0.15, 0.2) is 0 Å². The first-order valence-corrected chi connectivity index (χ1v) is 18.9. The number of rotatable bonds is 12. The molecule has 4 saturated heterocycles. The highest BCUT2D eigenvalue weighted by atomic mass is 16.6. The maximum atomic E-state index is 13.2. The minimum atomic E-state index is -0.698. The number of hydrogen-bond donors (Lipinski definition) is 0. The molecule has 0 spiro atoms. The maximum Gasteiger partial charge on any atom is 0.338 e. The molecule has 4 aliphatic heterocycles. The molecule has 0 bridgehead atoms. The molecule has 0 saturated carbocycles. The molecule has 282 valence electrons. The Morgan fingerprint density at radius 2 is 0.926 bits per heavy atom. The summed E-state index contributed by atoms with van der Waals surface area (Å²) in [6.45, 7) is 1.25. The van der Waals surface area contributed by atoms with E-state index in [4.69, 9.17) is 37.9 Å². The predicted octanol–water partition coefficient (Wildman–Crippen LogP) is 6.50. The summed E-state index contributed by atoms with van der Waals surface area (Å²) in [5.74, 6) is -0.944. The molecule has 10 nitrogen and oxygen atoms in total. The predicted molar refractivity (Wildman–Crippen MR) is 197 cm³/mol. The van der Waals surface area contributed by atoms with Crippen molar-refractivity contribution < 1.29 is 47.5 Å². The number of benzene rings is 4. The van der Waals surface area contributed by atoms with Gasteiger partial charge in [0.1, 0.15) is 24.9 Å². The van der Waals surface area contributed by atoms with Gasteiger partial charge in [0, 0.05) is 25.7 Å². The summed E-state index contributed by atoms with van der Waals surface area (Å²) >= 11 is 0. The minimum absolute atomic E-state index is 0.0780. The van der Waals surface area contributed by atoms with E-state index in [2.05, 4.69) is 12.1 Å². The lowest BCUT2D eigenvalue weighted by Crippen LogP contribution is -2.63. The Hall–Kier alpha value is -4.42. The van der Waals surface area contributed by atoms with Gasteiger partial charge in [-0.15, -0.1) is 0 Å². The van der Waals surface area contributed by atoms with Crippen molar-refractivity contribution in [2.45, 2.75) is 99.9 Å². The fourth-order valence-electron chi connectivity index (χ4n) is 7.89. The van der Waals surface area contributed by atoms with E-state index in [9.17, 15) is 9.59 Å². The quantitative estimate of drug-likeness (QED) is 0.150. The second kappa shape index (κ2) is 17.4. The van der Waals surface area contributed by atoms with E-state index in [-0.39, 0.29) is 55.4 Å². The smallest absolute Gasteiger partial charge is 0.338 e. The van der Waals surface area contributed by atoms with E-state index in [0.29, 0.717) is 56.6 Å². The van der Waals surface area contributed by atoms with Crippen LogP contribution in [-0.2, 0) is 51.1 Å². The first-order valence-electron chi connectivity index (χ1n) is 18.9. The van der Waals surface area contributed by atoms with E-state index in [0.717, 1.165) is 11.1 Å². The van der Waals surface area contributed by atoms with Crippen LogP contribution in [0.25, 0.3) is 0 Å². The molecule has 10 heteroatoms. The fourth-order valence-corrected chi connectivity index (χ4v) is 7.89. The van der Waals surface area contributed by atoms with Crippen LogP contribution in [0.15, 0.2) is 121 Å². The average molecular weight is 735 g/mol. The summed E-state index contributed by atoms with van der Waals surface area (Å²) in [5, 5.41) is 0. The van der Waals surface area contributed by atoms with Gasteiger partial charge in [-0.2, -0.15) is 0 Å². The van der Waals surface area contributed by atoms with Crippen LogP contribution in [0.2, 0.25) is 0 Å². The average Bonchev–Trinajstić information content (AvgIpc) is 3.22. The Balaban J connectivity index is 0.938. The zero-order chi connectivity index (χ0) is 36.7. The van der Waals surface area contributed by atoms with Gasteiger partial charge in [-0.3, -0.25) is 0 Å². The van der Waals surface area contributed by atoms with Crippen LogP contribution in [0.4, 0.5) is 0 Å². The molecule has 0 unspecified atom stereocenters. The van der Waals surface area contributed by atoms with Crippen LogP contribution in [0.3, 0.4) is 0 Å². The van der Waals surface area contributed by atoms with Crippen LogP contribution in [0, 0.1) is 0 Å². The van der Waals surface area contributed by atoms with Crippen LogP contribution in [0.5, 0.6) is 0 Å². The highest BCUT2D eigenvalue weighted by Crippen LogP contribution is 2.42. The maximum absolute atomic E-state index is 13.2. The van der Waals surface area contributed by atoms with E-state index in [1.165, 1.54) is 0 Å². The largest absolute Gasteiger partial charge is 0.459 e. The minimum Gasteiger partial charge on any atom is -0.459 e. The topological polar surface area (TPSA) is 108 Å². The van der Waals surface area contributed by atoms with Gasteiger partial charge in [-0.25, -0.2) is 9.59 Å². The molecule has 0 radical (unpaired) electrons. The van der Waals surface area contributed by atoms with Gasteiger partial charge < -0.3 is 37.9 Å². The Morgan fingerprint density at radius 3 is 1.50 bits per heavy atom.